The van der Waals surface area contributed by atoms with Crippen molar-refractivity contribution in [3.8, 4) is 23.7 Å². The number of carbonyl (C=O) groups excluding carboxylic acids is 1. The molecule has 20 heavy (non-hydrogen) atoms. The van der Waals surface area contributed by atoms with E-state index in [9.17, 15) is 9.18 Å². The number of hydrogen-bond donors (Lipinski definition) is 1. The largest absolute Gasteiger partial charge is 0.441 e. The Hall–Kier alpha value is -2.61. The number of amides is 1. The first-order valence-corrected chi connectivity index (χ1v) is 6.10. The topological polar surface area (TPSA) is 55.1 Å². The number of carbonyl (C=O) groups is 1. The molecule has 5 heteroatoms. The van der Waals surface area contributed by atoms with E-state index in [2.05, 4.69) is 16.2 Å². The van der Waals surface area contributed by atoms with Gasteiger partial charge in [0.2, 0.25) is 5.91 Å². The molecule has 0 aliphatic rings. The number of aromatic nitrogens is 1. The number of terminal acetylenes is 1. The summed E-state index contributed by atoms with van der Waals surface area (Å²) in [4.78, 5) is 15.5. The van der Waals surface area contributed by atoms with Crippen LogP contribution in [0.15, 0.2) is 34.9 Å². The Bertz CT molecular complexity index is 626. The molecule has 2 aromatic rings. The molecule has 2 rings (SSSR count). The molecular weight excluding hydrogens is 259 g/mol. The van der Waals surface area contributed by atoms with Crippen molar-refractivity contribution in [2.75, 3.05) is 6.54 Å². The molecule has 0 radical (unpaired) electrons. The molecule has 4 nitrogen and oxygen atoms in total. The zero-order chi connectivity index (χ0) is 14.4. The van der Waals surface area contributed by atoms with Gasteiger partial charge in [0.1, 0.15) is 5.82 Å². The van der Waals surface area contributed by atoms with Crippen LogP contribution in [-0.2, 0) is 11.2 Å². The molecule has 102 valence electrons. The third-order valence-corrected chi connectivity index (χ3v) is 2.64. The third kappa shape index (κ3) is 3.69. The molecule has 1 amide bonds. The number of rotatable bonds is 5. The molecule has 0 atom stereocenters. The standard InChI is InChI=1S/C15H13FN2O2/c1-2-9-17-14(19)7-8-15-18-10-13(20-15)11-3-5-12(16)6-4-11/h1,3-6,10H,7-9H2,(H,17,19). The summed E-state index contributed by atoms with van der Waals surface area (Å²) in [7, 11) is 0. The van der Waals surface area contributed by atoms with Gasteiger partial charge in [-0.1, -0.05) is 5.92 Å². The maximum atomic E-state index is 12.8. The third-order valence-electron chi connectivity index (χ3n) is 2.64. The monoisotopic (exact) mass is 272 g/mol. The molecule has 1 heterocycles. The summed E-state index contributed by atoms with van der Waals surface area (Å²) in [6, 6.07) is 5.92. The summed E-state index contributed by atoms with van der Waals surface area (Å²) < 4.78 is 18.3. The Balaban J connectivity index is 1.94. The molecule has 0 bridgehead atoms. The van der Waals surface area contributed by atoms with Crippen LogP contribution in [0, 0.1) is 18.2 Å². The van der Waals surface area contributed by atoms with E-state index < -0.39 is 0 Å². The Morgan fingerprint density at radius 2 is 2.15 bits per heavy atom. The van der Waals surface area contributed by atoms with Crippen molar-refractivity contribution < 1.29 is 13.6 Å². The first-order chi connectivity index (χ1) is 9.69. The minimum Gasteiger partial charge on any atom is -0.441 e. The summed E-state index contributed by atoms with van der Waals surface area (Å²) >= 11 is 0. The van der Waals surface area contributed by atoms with E-state index in [1.54, 1.807) is 18.3 Å². The molecule has 0 saturated carbocycles. The van der Waals surface area contributed by atoms with Gasteiger partial charge < -0.3 is 9.73 Å². The fraction of sp³-hybridized carbons (Fsp3) is 0.200. The van der Waals surface area contributed by atoms with Crippen LogP contribution in [0.1, 0.15) is 12.3 Å². The minimum atomic E-state index is -0.307. The highest BCUT2D eigenvalue weighted by Crippen LogP contribution is 2.21. The summed E-state index contributed by atoms with van der Waals surface area (Å²) in [5.41, 5.74) is 0.738. The van der Waals surface area contributed by atoms with Gasteiger partial charge in [-0.2, -0.15) is 0 Å². The smallest absolute Gasteiger partial charge is 0.221 e. The van der Waals surface area contributed by atoms with Crippen molar-refractivity contribution in [2.24, 2.45) is 0 Å². The van der Waals surface area contributed by atoms with Crippen molar-refractivity contribution in [1.82, 2.24) is 10.3 Å². The molecule has 0 fully saturated rings. The number of hydrogen-bond acceptors (Lipinski definition) is 3. The molecule has 1 N–H and O–H groups in total. The molecule has 0 saturated heterocycles. The highest BCUT2D eigenvalue weighted by Gasteiger charge is 2.08. The van der Waals surface area contributed by atoms with Crippen LogP contribution in [0.25, 0.3) is 11.3 Å². The minimum absolute atomic E-state index is 0.149. The number of oxazole rings is 1. The van der Waals surface area contributed by atoms with Crippen LogP contribution >= 0.6 is 0 Å². The first-order valence-electron chi connectivity index (χ1n) is 6.10. The van der Waals surface area contributed by atoms with Gasteiger partial charge in [-0.3, -0.25) is 4.79 Å². The van der Waals surface area contributed by atoms with E-state index >= 15 is 0 Å². The van der Waals surface area contributed by atoms with Crippen molar-refractivity contribution in [2.45, 2.75) is 12.8 Å². The van der Waals surface area contributed by atoms with Crippen LogP contribution in [0.4, 0.5) is 4.39 Å². The Morgan fingerprint density at radius 3 is 2.85 bits per heavy atom. The van der Waals surface area contributed by atoms with E-state index in [1.807, 2.05) is 0 Å². The van der Waals surface area contributed by atoms with Crippen LogP contribution in [0.3, 0.4) is 0 Å². The highest BCUT2D eigenvalue weighted by atomic mass is 19.1. The average Bonchev–Trinajstić information content (AvgIpc) is 2.92. The van der Waals surface area contributed by atoms with E-state index in [0.29, 0.717) is 18.1 Å². The molecule has 0 spiro atoms. The van der Waals surface area contributed by atoms with E-state index in [-0.39, 0.29) is 24.7 Å². The summed E-state index contributed by atoms with van der Waals surface area (Å²) in [6.07, 6.45) is 7.24. The second-order valence-corrected chi connectivity index (χ2v) is 4.11. The predicted molar refractivity (Wildman–Crippen MR) is 72.1 cm³/mol. The summed E-state index contributed by atoms with van der Waals surface area (Å²) in [6.45, 7) is 0.214. The van der Waals surface area contributed by atoms with Gasteiger partial charge in [-0.05, 0) is 24.3 Å². The van der Waals surface area contributed by atoms with Gasteiger partial charge in [0.15, 0.2) is 11.7 Å². The van der Waals surface area contributed by atoms with Crippen molar-refractivity contribution in [3.05, 3.63) is 42.2 Å². The lowest BCUT2D eigenvalue weighted by Gasteiger charge is -1.99. The van der Waals surface area contributed by atoms with E-state index in [0.717, 1.165) is 5.56 Å². The number of nitrogens with zero attached hydrogens (tertiary/aromatic N) is 1. The molecule has 0 aliphatic heterocycles. The molecule has 0 aliphatic carbocycles. The van der Waals surface area contributed by atoms with Crippen LogP contribution in [-0.4, -0.2) is 17.4 Å². The Morgan fingerprint density at radius 1 is 1.40 bits per heavy atom. The molecule has 0 unspecified atom stereocenters. The van der Waals surface area contributed by atoms with E-state index in [1.165, 1.54) is 12.1 Å². The lowest BCUT2D eigenvalue weighted by Crippen LogP contribution is -2.23. The number of halogens is 1. The lowest BCUT2D eigenvalue weighted by atomic mass is 10.2. The van der Waals surface area contributed by atoms with Crippen LogP contribution < -0.4 is 5.32 Å². The van der Waals surface area contributed by atoms with Crippen molar-refractivity contribution in [1.29, 1.82) is 0 Å². The average molecular weight is 272 g/mol. The zero-order valence-corrected chi connectivity index (χ0v) is 10.7. The number of aryl methyl sites for hydroxylation is 1. The maximum Gasteiger partial charge on any atom is 0.221 e. The Kier molecular flexibility index (Phi) is 4.51. The maximum absolute atomic E-state index is 12.8. The molecule has 1 aromatic carbocycles. The Labute approximate surface area is 116 Å². The summed E-state index contributed by atoms with van der Waals surface area (Å²) in [5, 5.41) is 2.56. The van der Waals surface area contributed by atoms with Crippen molar-refractivity contribution in [3.63, 3.8) is 0 Å². The number of nitrogens with one attached hydrogen (secondary N) is 1. The lowest BCUT2D eigenvalue weighted by molar-refractivity contribution is -0.120. The second kappa shape index (κ2) is 6.53. The normalized spacial score (nSPS) is 10.0. The van der Waals surface area contributed by atoms with Crippen molar-refractivity contribution >= 4 is 5.91 Å². The quantitative estimate of drug-likeness (QED) is 0.849. The van der Waals surface area contributed by atoms with Gasteiger partial charge in [0.25, 0.3) is 0 Å². The predicted octanol–water partition coefficient (Wildman–Crippen LogP) is 2.16. The van der Waals surface area contributed by atoms with Gasteiger partial charge >= 0.3 is 0 Å². The molecule has 1 aromatic heterocycles. The van der Waals surface area contributed by atoms with Crippen LogP contribution in [0.5, 0.6) is 0 Å². The highest BCUT2D eigenvalue weighted by molar-refractivity contribution is 5.76. The van der Waals surface area contributed by atoms with Gasteiger partial charge in [-0.25, -0.2) is 9.37 Å². The second-order valence-electron chi connectivity index (χ2n) is 4.11. The SMILES string of the molecule is C#CCNC(=O)CCc1ncc(-c2ccc(F)cc2)o1. The fourth-order valence-corrected chi connectivity index (χ4v) is 1.63. The zero-order valence-electron chi connectivity index (χ0n) is 10.7. The van der Waals surface area contributed by atoms with E-state index in [4.69, 9.17) is 10.8 Å². The van der Waals surface area contributed by atoms with Gasteiger partial charge in [0, 0.05) is 18.4 Å². The first kappa shape index (κ1) is 13.8. The van der Waals surface area contributed by atoms with Crippen LogP contribution in [0.2, 0.25) is 0 Å². The summed E-state index contributed by atoms with van der Waals surface area (Å²) in [5.74, 6) is 2.87. The van der Waals surface area contributed by atoms with Gasteiger partial charge in [-0.15, -0.1) is 6.42 Å². The fourth-order valence-electron chi connectivity index (χ4n) is 1.63. The number of benzene rings is 1. The van der Waals surface area contributed by atoms with Gasteiger partial charge in [0.05, 0.1) is 12.7 Å². The molecular formula is C15H13FN2O2.